The van der Waals surface area contributed by atoms with Gasteiger partial charge < -0.3 is 10.6 Å². The van der Waals surface area contributed by atoms with Crippen LogP contribution in [-0.2, 0) is 16.0 Å². The first-order valence-electron chi connectivity index (χ1n) is 9.49. The lowest BCUT2D eigenvalue weighted by Crippen LogP contribution is -2.24. The molecule has 4 rings (SSSR count). The Kier molecular flexibility index (Phi) is 5.63. The molecule has 4 nitrogen and oxygen atoms in total. The molecule has 0 saturated carbocycles. The number of carbonyl (C=O) groups is 2. The van der Waals surface area contributed by atoms with Crippen molar-refractivity contribution in [1.82, 2.24) is 0 Å². The minimum atomic E-state index is -0.127. The summed E-state index contributed by atoms with van der Waals surface area (Å²) in [5, 5.41) is 8.03. The van der Waals surface area contributed by atoms with Crippen molar-refractivity contribution in [2.45, 2.75) is 24.5 Å². The van der Waals surface area contributed by atoms with Gasteiger partial charge in [0.25, 0.3) is 0 Å². The Morgan fingerprint density at radius 3 is 2.75 bits per heavy atom. The molecule has 0 unspecified atom stereocenters. The molecule has 3 aromatic rings. The Hall–Kier alpha value is -2.79. The molecule has 0 saturated heterocycles. The van der Waals surface area contributed by atoms with Gasteiger partial charge in [-0.05, 0) is 35.9 Å². The third kappa shape index (κ3) is 4.20. The molecular formula is C23H22N2O2S. The van der Waals surface area contributed by atoms with Crippen molar-refractivity contribution in [3.8, 4) is 0 Å². The standard InChI is InChI=1S/C23H22N2O2S/c26-22(24-20-11-5-8-16-6-1-3-9-18(16)20)14-15-28-21-13-12-17-7-2-4-10-19(17)25-23(21)27/h1-11,21H,12-15H2,(H,24,26)(H,25,27)/t21-/m0/s1. The first kappa shape index (κ1) is 18.6. The second-order valence-corrected chi connectivity index (χ2v) is 8.18. The Morgan fingerprint density at radius 2 is 1.82 bits per heavy atom. The van der Waals surface area contributed by atoms with E-state index in [-0.39, 0.29) is 17.1 Å². The predicted molar refractivity (Wildman–Crippen MR) is 117 cm³/mol. The highest BCUT2D eigenvalue weighted by atomic mass is 32.2. The van der Waals surface area contributed by atoms with E-state index in [1.807, 2.05) is 60.7 Å². The first-order chi connectivity index (χ1) is 13.7. The quantitative estimate of drug-likeness (QED) is 0.654. The molecule has 0 radical (unpaired) electrons. The summed E-state index contributed by atoms with van der Waals surface area (Å²) < 4.78 is 0. The van der Waals surface area contributed by atoms with Gasteiger partial charge in [0, 0.05) is 28.9 Å². The lowest BCUT2D eigenvalue weighted by molar-refractivity contribution is -0.116. The molecule has 0 fully saturated rings. The maximum Gasteiger partial charge on any atom is 0.237 e. The van der Waals surface area contributed by atoms with Gasteiger partial charge in [-0.25, -0.2) is 0 Å². The smallest absolute Gasteiger partial charge is 0.237 e. The van der Waals surface area contributed by atoms with Gasteiger partial charge in [0.05, 0.1) is 5.25 Å². The van der Waals surface area contributed by atoms with Crippen LogP contribution in [0.15, 0.2) is 66.7 Å². The van der Waals surface area contributed by atoms with Crippen molar-refractivity contribution in [3.63, 3.8) is 0 Å². The maximum atomic E-state index is 12.5. The highest BCUT2D eigenvalue weighted by molar-refractivity contribution is 8.00. The van der Waals surface area contributed by atoms with Gasteiger partial charge in [0.15, 0.2) is 0 Å². The molecule has 0 aromatic heterocycles. The molecular weight excluding hydrogens is 368 g/mol. The van der Waals surface area contributed by atoms with E-state index in [9.17, 15) is 9.59 Å². The number of fused-ring (bicyclic) bond motifs is 2. The van der Waals surface area contributed by atoms with Crippen LogP contribution in [0.4, 0.5) is 11.4 Å². The minimum absolute atomic E-state index is 0.0267. The summed E-state index contributed by atoms with van der Waals surface area (Å²) in [7, 11) is 0. The van der Waals surface area contributed by atoms with Crippen LogP contribution >= 0.6 is 11.8 Å². The normalized spacial score (nSPS) is 16.1. The lowest BCUT2D eigenvalue weighted by Gasteiger charge is -2.13. The first-order valence-corrected chi connectivity index (χ1v) is 10.5. The zero-order chi connectivity index (χ0) is 19.3. The average Bonchev–Trinajstić information content (AvgIpc) is 2.87. The summed E-state index contributed by atoms with van der Waals surface area (Å²) in [5.41, 5.74) is 2.91. The topological polar surface area (TPSA) is 58.2 Å². The zero-order valence-electron chi connectivity index (χ0n) is 15.5. The van der Waals surface area contributed by atoms with E-state index in [0.717, 1.165) is 35.0 Å². The average molecular weight is 391 g/mol. The van der Waals surface area contributed by atoms with Crippen molar-refractivity contribution in [2.24, 2.45) is 0 Å². The highest BCUT2D eigenvalue weighted by Gasteiger charge is 2.23. The van der Waals surface area contributed by atoms with Crippen LogP contribution < -0.4 is 10.6 Å². The van der Waals surface area contributed by atoms with E-state index < -0.39 is 0 Å². The molecule has 1 aliphatic rings. The largest absolute Gasteiger partial charge is 0.325 e. The summed E-state index contributed by atoms with van der Waals surface area (Å²) in [6.07, 6.45) is 2.04. The third-order valence-corrected chi connectivity index (χ3v) is 6.25. The summed E-state index contributed by atoms with van der Waals surface area (Å²) in [5.74, 6) is 0.621. The number of thioether (sulfide) groups is 1. The molecule has 0 spiro atoms. The Balaban J connectivity index is 1.31. The van der Waals surface area contributed by atoms with E-state index in [0.29, 0.717) is 12.2 Å². The molecule has 142 valence electrons. The molecule has 5 heteroatoms. The summed E-state index contributed by atoms with van der Waals surface area (Å²) >= 11 is 1.56. The maximum absolute atomic E-state index is 12.5. The third-order valence-electron chi connectivity index (χ3n) is 4.96. The van der Waals surface area contributed by atoms with Crippen molar-refractivity contribution >= 4 is 45.7 Å². The van der Waals surface area contributed by atoms with Crippen molar-refractivity contribution in [2.75, 3.05) is 16.4 Å². The Labute approximate surface area is 168 Å². The van der Waals surface area contributed by atoms with E-state index in [1.54, 1.807) is 11.8 Å². The van der Waals surface area contributed by atoms with E-state index in [1.165, 1.54) is 5.56 Å². The zero-order valence-corrected chi connectivity index (χ0v) is 16.3. The Morgan fingerprint density at radius 1 is 1.04 bits per heavy atom. The predicted octanol–water partition coefficient (Wildman–Crippen LogP) is 4.86. The van der Waals surface area contributed by atoms with Crippen LogP contribution in [0.1, 0.15) is 18.4 Å². The van der Waals surface area contributed by atoms with E-state index in [2.05, 4.69) is 16.7 Å². The summed E-state index contributed by atoms with van der Waals surface area (Å²) in [6, 6.07) is 21.8. The monoisotopic (exact) mass is 390 g/mol. The van der Waals surface area contributed by atoms with Crippen LogP contribution in [0.3, 0.4) is 0 Å². The number of aryl methyl sites for hydroxylation is 1. The summed E-state index contributed by atoms with van der Waals surface area (Å²) in [4.78, 5) is 24.9. The summed E-state index contributed by atoms with van der Waals surface area (Å²) in [6.45, 7) is 0. The van der Waals surface area contributed by atoms with Crippen LogP contribution in [0.25, 0.3) is 10.8 Å². The number of carbonyl (C=O) groups excluding carboxylic acids is 2. The van der Waals surface area contributed by atoms with Gasteiger partial charge in [-0.1, -0.05) is 54.6 Å². The number of rotatable bonds is 5. The molecule has 2 amide bonds. The number of amides is 2. The van der Waals surface area contributed by atoms with Gasteiger partial charge in [0.1, 0.15) is 0 Å². The fraction of sp³-hybridized carbons (Fsp3) is 0.217. The van der Waals surface area contributed by atoms with Crippen LogP contribution in [0, 0.1) is 0 Å². The lowest BCUT2D eigenvalue weighted by atomic mass is 10.1. The number of hydrogen-bond donors (Lipinski definition) is 2. The second kappa shape index (κ2) is 8.48. The highest BCUT2D eigenvalue weighted by Crippen LogP contribution is 2.28. The molecule has 28 heavy (non-hydrogen) atoms. The molecule has 1 atom stereocenters. The van der Waals surface area contributed by atoms with Gasteiger partial charge in [-0.15, -0.1) is 11.8 Å². The fourth-order valence-electron chi connectivity index (χ4n) is 3.49. The minimum Gasteiger partial charge on any atom is -0.325 e. The number of anilines is 2. The molecule has 2 N–H and O–H groups in total. The van der Waals surface area contributed by atoms with Gasteiger partial charge in [-0.3, -0.25) is 9.59 Å². The molecule has 3 aromatic carbocycles. The van der Waals surface area contributed by atoms with E-state index >= 15 is 0 Å². The SMILES string of the molecule is O=C(CCS[C@H]1CCc2ccccc2NC1=O)Nc1cccc2ccccc12. The van der Waals surface area contributed by atoms with Crippen molar-refractivity contribution < 1.29 is 9.59 Å². The van der Waals surface area contributed by atoms with E-state index in [4.69, 9.17) is 0 Å². The number of para-hydroxylation sites is 1. The second-order valence-electron chi connectivity index (χ2n) is 6.87. The van der Waals surface area contributed by atoms with Gasteiger partial charge in [0.2, 0.25) is 11.8 Å². The van der Waals surface area contributed by atoms with Crippen molar-refractivity contribution in [1.29, 1.82) is 0 Å². The molecule has 0 aliphatic carbocycles. The number of nitrogens with one attached hydrogen (secondary N) is 2. The van der Waals surface area contributed by atoms with Crippen LogP contribution in [0.5, 0.6) is 0 Å². The van der Waals surface area contributed by atoms with Crippen molar-refractivity contribution in [3.05, 3.63) is 72.3 Å². The van der Waals surface area contributed by atoms with Crippen LogP contribution in [-0.4, -0.2) is 22.8 Å². The fourth-order valence-corrected chi connectivity index (χ4v) is 4.57. The number of hydrogen-bond acceptors (Lipinski definition) is 3. The van der Waals surface area contributed by atoms with Gasteiger partial charge in [-0.2, -0.15) is 0 Å². The Bertz CT molecular complexity index is 1010. The van der Waals surface area contributed by atoms with Crippen LogP contribution in [0.2, 0.25) is 0 Å². The van der Waals surface area contributed by atoms with Gasteiger partial charge >= 0.3 is 0 Å². The molecule has 1 heterocycles. The molecule has 0 bridgehead atoms. The number of benzene rings is 3. The molecule has 1 aliphatic heterocycles.